The Hall–Kier alpha value is -2.59. The minimum Gasteiger partial charge on any atom is -0.467 e. The van der Waals surface area contributed by atoms with Gasteiger partial charge in [-0.25, -0.2) is 4.79 Å². The summed E-state index contributed by atoms with van der Waals surface area (Å²) in [4.78, 5) is 11.7. The molecule has 0 aliphatic rings. The molecule has 0 radical (unpaired) electrons. The SMILES string of the molecule is COC(=O)C(O)C(OCc1cc(C(F)(F)F)cc(C(F)(F)F)c1)c1ccccc1. The molecule has 2 atom stereocenters. The van der Waals surface area contributed by atoms with Crippen LogP contribution in [-0.2, 0) is 33.2 Å². The second-order valence-electron chi connectivity index (χ2n) is 6.02. The first-order valence-electron chi connectivity index (χ1n) is 8.14. The van der Waals surface area contributed by atoms with Crippen molar-refractivity contribution in [1.29, 1.82) is 0 Å². The molecule has 2 aromatic carbocycles. The molecule has 0 amide bonds. The van der Waals surface area contributed by atoms with Crippen molar-refractivity contribution in [2.24, 2.45) is 0 Å². The van der Waals surface area contributed by atoms with Gasteiger partial charge >= 0.3 is 18.3 Å². The van der Waals surface area contributed by atoms with Crippen LogP contribution in [0.2, 0.25) is 0 Å². The predicted octanol–water partition coefficient (Wildman–Crippen LogP) is 4.52. The molecule has 0 saturated heterocycles. The number of ether oxygens (including phenoxy) is 2. The molecule has 0 aliphatic carbocycles. The largest absolute Gasteiger partial charge is 0.467 e. The lowest BCUT2D eigenvalue weighted by atomic mass is 10.0. The number of carbonyl (C=O) groups excluding carboxylic acids is 1. The lowest BCUT2D eigenvalue weighted by molar-refractivity contribution is -0.160. The number of aliphatic hydroxyl groups is 1. The van der Waals surface area contributed by atoms with E-state index in [2.05, 4.69) is 4.74 Å². The van der Waals surface area contributed by atoms with Crippen LogP contribution < -0.4 is 0 Å². The molecular formula is C19H16F6O4. The Labute approximate surface area is 161 Å². The van der Waals surface area contributed by atoms with Crippen LogP contribution in [0, 0.1) is 0 Å². The Bertz CT molecular complexity index is 801. The zero-order chi connectivity index (χ0) is 21.8. The fourth-order valence-electron chi connectivity index (χ4n) is 2.55. The third kappa shape index (κ3) is 5.94. The fourth-order valence-corrected chi connectivity index (χ4v) is 2.55. The number of alkyl halides is 6. The van der Waals surface area contributed by atoms with Gasteiger partial charge in [0.2, 0.25) is 0 Å². The lowest BCUT2D eigenvalue weighted by Crippen LogP contribution is -2.31. The van der Waals surface area contributed by atoms with E-state index in [-0.39, 0.29) is 11.6 Å². The quantitative estimate of drug-likeness (QED) is 0.550. The number of benzene rings is 2. The highest BCUT2D eigenvalue weighted by Gasteiger charge is 2.37. The Morgan fingerprint density at radius 2 is 1.48 bits per heavy atom. The third-order valence-corrected chi connectivity index (χ3v) is 3.93. The molecule has 10 heteroatoms. The van der Waals surface area contributed by atoms with Crippen LogP contribution in [0.5, 0.6) is 0 Å². The summed E-state index contributed by atoms with van der Waals surface area (Å²) in [5, 5.41) is 10.1. The molecular weight excluding hydrogens is 406 g/mol. The van der Waals surface area contributed by atoms with E-state index >= 15 is 0 Å². The molecule has 2 unspecified atom stereocenters. The molecule has 1 N–H and O–H groups in total. The number of aliphatic hydroxyl groups excluding tert-OH is 1. The summed E-state index contributed by atoms with van der Waals surface area (Å²) in [6.45, 7) is -0.722. The molecule has 29 heavy (non-hydrogen) atoms. The molecule has 2 aromatic rings. The van der Waals surface area contributed by atoms with Crippen LogP contribution in [0.25, 0.3) is 0 Å². The summed E-state index contributed by atoms with van der Waals surface area (Å²) < 4.78 is 87.6. The number of hydrogen-bond acceptors (Lipinski definition) is 4. The van der Waals surface area contributed by atoms with E-state index in [0.29, 0.717) is 12.1 Å². The van der Waals surface area contributed by atoms with Gasteiger partial charge in [-0.05, 0) is 29.3 Å². The summed E-state index contributed by atoms with van der Waals surface area (Å²) in [7, 11) is 1.01. The number of esters is 1. The first-order chi connectivity index (χ1) is 13.4. The summed E-state index contributed by atoms with van der Waals surface area (Å²) in [6.07, 6.45) is -13.2. The molecule has 0 bridgehead atoms. The Balaban J connectivity index is 2.36. The van der Waals surface area contributed by atoms with Crippen LogP contribution in [0.4, 0.5) is 26.3 Å². The number of methoxy groups -OCH3 is 1. The summed E-state index contributed by atoms with van der Waals surface area (Å²) in [5.41, 5.74) is -3.12. The second-order valence-corrected chi connectivity index (χ2v) is 6.02. The van der Waals surface area contributed by atoms with Gasteiger partial charge in [0.05, 0.1) is 24.8 Å². The van der Waals surface area contributed by atoms with Crippen LogP contribution in [0.15, 0.2) is 48.5 Å². The van der Waals surface area contributed by atoms with Crippen LogP contribution in [0.3, 0.4) is 0 Å². The number of hydrogen-bond donors (Lipinski definition) is 1. The van der Waals surface area contributed by atoms with E-state index in [4.69, 9.17) is 4.74 Å². The summed E-state index contributed by atoms with van der Waals surface area (Å²) in [5.74, 6) is -1.07. The minimum atomic E-state index is -5.00. The van der Waals surface area contributed by atoms with Crippen molar-refractivity contribution in [2.75, 3.05) is 7.11 Å². The van der Waals surface area contributed by atoms with Crippen LogP contribution in [-0.4, -0.2) is 24.3 Å². The van der Waals surface area contributed by atoms with Gasteiger partial charge in [-0.2, -0.15) is 26.3 Å². The molecule has 0 aliphatic heterocycles. The molecule has 158 valence electrons. The average molecular weight is 422 g/mol. The maximum absolute atomic E-state index is 13.0. The van der Waals surface area contributed by atoms with E-state index in [1.165, 1.54) is 12.1 Å². The number of carbonyl (C=O) groups is 1. The van der Waals surface area contributed by atoms with Crippen molar-refractivity contribution in [3.63, 3.8) is 0 Å². The lowest BCUT2D eigenvalue weighted by Gasteiger charge is -2.23. The Morgan fingerprint density at radius 1 is 0.966 bits per heavy atom. The highest BCUT2D eigenvalue weighted by atomic mass is 19.4. The minimum absolute atomic E-state index is 0.00146. The monoisotopic (exact) mass is 422 g/mol. The molecule has 4 nitrogen and oxygen atoms in total. The maximum atomic E-state index is 13.0. The highest BCUT2D eigenvalue weighted by molar-refractivity contribution is 5.75. The maximum Gasteiger partial charge on any atom is 0.416 e. The van der Waals surface area contributed by atoms with Gasteiger partial charge < -0.3 is 14.6 Å². The molecule has 0 fully saturated rings. The molecule has 2 rings (SSSR count). The van der Waals surface area contributed by atoms with Crippen molar-refractivity contribution < 1.29 is 45.7 Å². The second kappa shape index (κ2) is 8.83. The molecule has 0 aromatic heterocycles. The van der Waals surface area contributed by atoms with E-state index in [0.717, 1.165) is 7.11 Å². The topological polar surface area (TPSA) is 55.8 Å². The predicted molar refractivity (Wildman–Crippen MR) is 88.4 cm³/mol. The zero-order valence-corrected chi connectivity index (χ0v) is 14.9. The summed E-state index contributed by atoms with van der Waals surface area (Å²) in [6, 6.07) is 8.73. The van der Waals surface area contributed by atoms with Gasteiger partial charge in [-0.3, -0.25) is 0 Å². The zero-order valence-electron chi connectivity index (χ0n) is 14.9. The summed E-state index contributed by atoms with van der Waals surface area (Å²) >= 11 is 0. The fraction of sp³-hybridized carbons (Fsp3) is 0.316. The van der Waals surface area contributed by atoms with Gasteiger partial charge in [-0.1, -0.05) is 30.3 Å². The Morgan fingerprint density at radius 3 is 1.93 bits per heavy atom. The van der Waals surface area contributed by atoms with Crippen molar-refractivity contribution >= 4 is 5.97 Å². The number of halogens is 6. The van der Waals surface area contributed by atoms with Crippen molar-refractivity contribution in [3.8, 4) is 0 Å². The van der Waals surface area contributed by atoms with Crippen molar-refractivity contribution in [2.45, 2.75) is 31.2 Å². The van der Waals surface area contributed by atoms with Crippen molar-refractivity contribution in [3.05, 3.63) is 70.8 Å². The van der Waals surface area contributed by atoms with Gasteiger partial charge in [-0.15, -0.1) is 0 Å². The van der Waals surface area contributed by atoms with Crippen LogP contribution in [0.1, 0.15) is 28.4 Å². The van der Waals surface area contributed by atoms with E-state index in [1.54, 1.807) is 18.2 Å². The van der Waals surface area contributed by atoms with E-state index in [9.17, 15) is 36.2 Å². The van der Waals surface area contributed by atoms with Crippen LogP contribution >= 0.6 is 0 Å². The van der Waals surface area contributed by atoms with Gasteiger partial charge in [0, 0.05) is 0 Å². The first-order valence-corrected chi connectivity index (χ1v) is 8.14. The third-order valence-electron chi connectivity index (χ3n) is 3.93. The van der Waals surface area contributed by atoms with Gasteiger partial charge in [0.15, 0.2) is 6.10 Å². The van der Waals surface area contributed by atoms with Gasteiger partial charge in [0.1, 0.15) is 6.10 Å². The smallest absolute Gasteiger partial charge is 0.416 e. The van der Waals surface area contributed by atoms with Crippen molar-refractivity contribution in [1.82, 2.24) is 0 Å². The highest BCUT2D eigenvalue weighted by Crippen LogP contribution is 2.37. The van der Waals surface area contributed by atoms with E-state index in [1.807, 2.05) is 0 Å². The first kappa shape index (κ1) is 22.7. The normalized spacial score (nSPS) is 14.3. The average Bonchev–Trinajstić information content (AvgIpc) is 2.66. The molecule has 0 heterocycles. The molecule has 0 saturated carbocycles. The van der Waals surface area contributed by atoms with E-state index < -0.39 is 53.8 Å². The van der Waals surface area contributed by atoms with Gasteiger partial charge in [0.25, 0.3) is 0 Å². The molecule has 0 spiro atoms. The standard InChI is InChI=1S/C19H16F6O4/c1-28-17(27)15(26)16(12-5-3-2-4-6-12)29-10-11-7-13(18(20,21)22)9-14(8-11)19(23,24)25/h2-9,15-16,26H,10H2,1H3. The number of rotatable bonds is 6. The Kier molecular flexibility index (Phi) is 6.91.